The molecule has 1 aromatic rings. The average Bonchev–Trinajstić information content (AvgIpc) is 3.22. The molecule has 1 fully saturated rings. The van der Waals surface area contributed by atoms with Crippen LogP contribution in [0, 0.1) is 11.8 Å². The summed E-state index contributed by atoms with van der Waals surface area (Å²) in [5.74, 6) is -2.57. The van der Waals surface area contributed by atoms with Gasteiger partial charge in [-0.15, -0.1) is 0 Å². The van der Waals surface area contributed by atoms with Crippen molar-refractivity contribution < 1.29 is 46.8 Å². The number of amides is 3. The number of rotatable bonds is 11. The normalized spacial score (nSPS) is 22.3. The molecule has 1 heterocycles. The van der Waals surface area contributed by atoms with Crippen LogP contribution in [0.1, 0.15) is 48.3 Å². The number of carbonyl (C=O) groups is 3. The highest BCUT2D eigenvalue weighted by molar-refractivity contribution is 7.86. The second-order valence-electron chi connectivity index (χ2n) is 7.85. The molecule has 1 saturated heterocycles. The van der Waals surface area contributed by atoms with Crippen molar-refractivity contribution in [3.05, 3.63) is 35.8 Å². The van der Waals surface area contributed by atoms with Crippen LogP contribution in [0.4, 0.5) is 4.79 Å². The third-order valence-electron chi connectivity index (χ3n) is 4.74. The standard InChI is InChI=1S/C21H31N3O8S/c1-13(2)10-16(24-21(28)32-12-14-6-4-3-5-7-14)19(26)23-17(20(27)33(29,30)31)11-15-8-9-22-18(15)25/h3-7,13,15-17,20,27H,8-12H2,1-2H3,(H,22,25)(H,23,26)(H,24,28)(H,29,30,31)/t15-,16-,17-,20?/m0/s1/i3D,4D,5D,6D,7D,12D2. The van der Waals surface area contributed by atoms with Gasteiger partial charge < -0.3 is 25.8 Å². The molecule has 1 aromatic carbocycles. The lowest BCUT2D eigenvalue weighted by molar-refractivity contribution is -0.126. The molecule has 5 N–H and O–H groups in total. The van der Waals surface area contributed by atoms with Gasteiger partial charge in [-0.3, -0.25) is 14.1 Å². The fourth-order valence-electron chi connectivity index (χ4n) is 3.19. The summed E-state index contributed by atoms with van der Waals surface area (Å²) in [6, 6.07) is -7.57. The van der Waals surface area contributed by atoms with Crippen LogP contribution < -0.4 is 16.0 Å². The number of hydrogen-bond acceptors (Lipinski definition) is 7. The van der Waals surface area contributed by atoms with Gasteiger partial charge in [0.2, 0.25) is 17.3 Å². The van der Waals surface area contributed by atoms with Gasteiger partial charge >= 0.3 is 6.09 Å². The van der Waals surface area contributed by atoms with Crippen LogP contribution in [0.15, 0.2) is 30.2 Å². The molecule has 0 spiro atoms. The van der Waals surface area contributed by atoms with Crippen LogP contribution in [0.25, 0.3) is 0 Å². The predicted molar refractivity (Wildman–Crippen MR) is 118 cm³/mol. The quantitative estimate of drug-likeness (QED) is 0.279. The molecule has 0 saturated carbocycles. The Bertz CT molecular complexity index is 1240. The smallest absolute Gasteiger partial charge is 0.408 e. The summed E-state index contributed by atoms with van der Waals surface area (Å²) in [5, 5.41) is 17.0. The van der Waals surface area contributed by atoms with E-state index < -0.39 is 93.8 Å². The number of ether oxygens (including phenoxy) is 1. The summed E-state index contributed by atoms with van der Waals surface area (Å²) in [6.45, 7) is 0.362. The van der Waals surface area contributed by atoms with E-state index in [2.05, 4.69) is 16.0 Å². The first kappa shape index (κ1) is 17.7. The van der Waals surface area contributed by atoms with Crippen molar-refractivity contribution in [3.63, 3.8) is 0 Å². The summed E-state index contributed by atoms with van der Waals surface area (Å²) < 4.78 is 92.2. The van der Waals surface area contributed by atoms with Crippen molar-refractivity contribution >= 4 is 28.0 Å². The Morgan fingerprint density at radius 2 is 1.97 bits per heavy atom. The van der Waals surface area contributed by atoms with Crippen molar-refractivity contribution in [1.82, 2.24) is 16.0 Å². The zero-order valence-electron chi connectivity index (χ0n) is 25.0. The molecule has 2 rings (SSSR count). The van der Waals surface area contributed by atoms with Crippen molar-refractivity contribution in [1.29, 1.82) is 0 Å². The lowest BCUT2D eigenvalue weighted by Gasteiger charge is -2.27. The highest BCUT2D eigenvalue weighted by atomic mass is 32.2. The Labute approximate surface area is 202 Å². The molecule has 11 nitrogen and oxygen atoms in total. The second kappa shape index (κ2) is 12.0. The third kappa shape index (κ3) is 8.63. The third-order valence-corrected chi connectivity index (χ3v) is 5.68. The fraction of sp³-hybridized carbons (Fsp3) is 0.571. The topological polar surface area (TPSA) is 171 Å². The largest absolute Gasteiger partial charge is 0.445 e. The Hall–Kier alpha value is -2.70. The van der Waals surface area contributed by atoms with Crippen LogP contribution in [0.2, 0.25) is 0 Å². The first-order valence-electron chi connectivity index (χ1n) is 13.6. The first-order chi connectivity index (χ1) is 18.3. The SMILES string of the molecule is [2H]c1c([2H])c([2H])c(C([2H])([2H])OC(=O)N[C@@H](CC(C)C)C(=O)N[C@@H](C[C@@H]2CCNC2=O)C(O)S(=O)(=O)O)c([2H])c1[2H]. The van der Waals surface area contributed by atoms with Gasteiger partial charge in [0, 0.05) is 12.5 Å². The van der Waals surface area contributed by atoms with E-state index in [-0.39, 0.29) is 31.7 Å². The van der Waals surface area contributed by atoms with E-state index in [1.165, 1.54) is 0 Å². The number of nitrogens with one attached hydrogen (secondary N) is 3. The second-order valence-corrected chi connectivity index (χ2v) is 9.36. The molecule has 1 aliphatic heterocycles. The number of benzene rings is 1. The zero-order chi connectivity index (χ0) is 30.7. The van der Waals surface area contributed by atoms with Crippen molar-refractivity contribution in [2.24, 2.45) is 11.8 Å². The molecule has 1 aliphatic rings. The molecule has 12 heteroatoms. The van der Waals surface area contributed by atoms with E-state index in [1.54, 1.807) is 13.8 Å². The molecule has 3 amide bonds. The maximum absolute atomic E-state index is 13.1. The molecular formula is C21H31N3O8S. The maximum Gasteiger partial charge on any atom is 0.408 e. The summed E-state index contributed by atoms with van der Waals surface area (Å²) in [7, 11) is -5.08. The Morgan fingerprint density at radius 1 is 1.30 bits per heavy atom. The molecule has 4 atom stereocenters. The van der Waals surface area contributed by atoms with Gasteiger partial charge in [0.05, 0.1) is 15.6 Å². The summed E-state index contributed by atoms with van der Waals surface area (Å²) >= 11 is 0. The summed E-state index contributed by atoms with van der Waals surface area (Å²) in [6.07, 6.45) is -1.75. The number of alkyl carbamates (subject to hydrolysis) is 1. The Morgan fingerprint density at radius 3 is 2.52 bits per heavy atom. The van der Waals surface area contributed by atoms with Gasteiger partial charge in [-0.25, -0.2) is 4.79 Å². The highest BCUT2D eigenvalue weighted by Gasteiger charge is 2.37. The van der Waals surface area contributed by atoms with E-state index in [4.69, 9.17) is 14.3 Å². The predicted octanol–water partition coefficient (Wildman–Crippen LogP) is 0.545. The summed E-state index contributed by atoms with van der Waals surface area (Å²) in [5.41, 5.74) is -3.46. The molecule has 184 valence electrons. The highest BCUT2D eigenvalue weighted by Crippen LogP contribution is 2.20. The zero-order valence-corrected chi connectivity index (χ0v) is 18.8. The van der Waals surface area contributed by atoms with Crippen LogP contribution in [-0.4, -0.2) is 60.0 Å². The van der Waals surface area contributed by atoms with Gasteiger partial charge in [0.1, 0.15) is 12.6 Å². The minimum Gasteiger partial charge on any atom is -0.445 e. The molecule has 0 aromatic heterocycles. The molecule has 0 bridgehead atoms. The molecule has 0 aliphatic carbocycles. The van der Waals surface area contributed by atoms with E-state index in [0.717, 1.165) is 0 Å². The van der Waals surface area contributed by atoms with Crippen molar-refractivity contribution in [2.75, 3.05) is 6.54 Å². The molecule has 0 radical (unpaired) electrons. The summed E-state index contributed by atoms with van der Waals surface area (Å²) in [4.78, 5) is 37.7. The molecule has 1 unspecified atom stereocenters. The van der Waals surface area contributed by atoms with Gasteiger partial charge in [-0.1, -0.05) is 44.1 Å². The van der Waals surface area contributed by atoms with E-state index >= 15 is 0 Å². The van der Waals surface area contributed by atoms with Crippen LogP contribution >= 0.6 is 0 Å². The maximum atomic E-state index is 13.1. The minimum atomic E-state index is -5.08. The number of aliphatic hydroxyl groups is 1. The Balaban J connectivity index is 2.28. The van der Waals surface area contributed by atoms with Gasteiger partial charge in [0.25, 0.3) is 10.1 Å². The fourth-order valence-corrected chi connectivity index (χ4v) is 3.78. The number of hydrogen-bond donors (Lipinski definition) is 5. The monoisotopic (exact) mass is 492 g/mol. The van der Waals surface area contributed by atoms with Gasteiger partial charge in [-0.05, 0) is 30.7 Å². The lowest BCUT2D eigenvalue weighted by atomic mass is 9.97. The minimum absolute atomic E-state index is 0.1000. The van der Waals surface area contributed by atoms with E-state index in [0.29, 0.717) is 0 Å². The van der Waals surface area contributed by atoms with Crippen molar-refractivity contribution in [2.45, 2.75) is 57.2 Å². The van der Waals surface area contributed by atoms with Crippen LogP contribution in [-0.2, 0) is 31.0 Å². The number of carbonyl (C=O) groups excluding carboxylic acids is 3. The number of aliphatic hydroxyl groups excluding tert-OH is 1. The molecular weight excluding hydrogens is 454 g/mol. The van der Waals surface area contributed by atoms with Crippen LogP contribution in [0.5, 0.6) is 0 Å². The first-order valence-corrected chi connectivity index (χ1v) is 11.6. The average molecular weight is 493 g/mol. The van der Waals surface area contributed by atoms with E-state index in [9.17, 15) is 32.5 Å². The van der Waals surface area contributed by atoms with Crippen molar-refractivity contribution in [3.8, 4) is 0 Å². The Kier molecular flexibility index (Phi) is 6.43. The molecule has 33 heavy (non-hydrogen) atoms. The van der Waals surface area contributed by atoms with E-state index in [1.807, 2.05) is 0 Å². The van der Waals surface area contributed by atoms with Crippen LogP contribution in [0.3, 0.4) is 0 Å². The van der Waals surface area contributed by atoms with Gasteiger partial charge in [-0.2, -0.15) is 8.42 Å². The lowest BCUT2D eigenvalue weighted by Crippen LogP contribution is -2.54. The van der Waals surface area contributed by atoms with Gasteiger partial charge in [0.15, 0.2) is 0 Å².